The molecule has 2 nitrogen and oxygen atoms in total. The van der Waals surface area contributed by atoms with Crippen molar-refractivity contribution in [1.29, 1.82) is 0 Å². The summed E-state index contributed by atoms with van der Waals surface area (Å²) in [6.45, 7) is 9.31. The highest BCUT2D eigenvalue weighted by atomic mass is 16.5. The second-order valence-electron chi connectivity index (χ2n) is 5.77. The number of nitrogens with one attached hydrogen (secondary N) is 1. The van der Waals surface area contributed by atoms with Gasteiger partial charge >= 0.3 is 0 Å². The molecule has 0 heterocycles. The molecule has 0 aliphatic heterocycles. The van der Waals surface area contributed by atoms with E-state index in [1.807, 2.05) is 26.0 Å². The van der Waals surface area contributed by atoms with E-state index in [-0.39, 0.29) is 6.10 Å². The van der Waals surface area contributed by atoms with Gasteiger partial charge in [-0.25, -0.2) is 0 Å². The number of aryl methyl sites for hydroxylation is 1. The molecule has 0 bridgehead atoms. The van der Waals surface area contributed by atoms with E-state index >= 15 is 0 Å². The lowest BCUT2D eigenvalue weighted by molar-refractivity contribution is 0.242. The molecule has 1 atom stereocenters. The average Bonchev–Trinajstić information content (AvgIpc) is 2.46. The Morgan fingerprint density at radius 2 is 1.62 bits per heavy atom. The van der Waals surface area contributed by atoms with Crippen LogP contribution in [0.5, 0.6) is 5.75 Å². The highest BCUT2D eigenvalue weighted by molar-refractivity contribution is 5.29. The van der Waals surface area contributed by atoms with Crippen molar-refractivity contribution in [3.63, 3.8) is 0 Å². The Kier molecular flexibility index (Phi) is 5.40. The minimum Gasteiger partial charge on any atom is -0.491 e. The summed E-state index contributed by atoms with van der Waals surface area (Å²) in [5, 5.41) is 3.58. The third-order valence-corrected chi connectivity index (χ3v) is 3.56. The molecule has 2 heteroatoms. The van der Waals surface area contributed by atoms with E-state index in [9.17, 15) is 0 Å². The summed E-state index contributed by atoms with van der Waals surface area (Å²) in [4.78, 5) is 0. The first-order chi connectivity index (χ1) is 10.1. The summed E-state index contributed by atoms with van der Waals surface area (Å²) >= 11 is 0. The maximum absolute atomic E-state index is 5.66. The predicted molar refractivity (Wildman–Crippen MR) is 88.6 cm³/mol. The molecular weight excluding hydrogens is 258 g/mol. The van der Waals surface area contributed by atoms with Gasteiger partial charge in [0.05, 0.1) is 6.10 Å². The zero-order valence-electron chi connectivity index (χ0n) is 13.4. The number of benzene rings is 2. The highest BCUT2D eigenvalue weighted by Crippen LogP contribution is 2.18. The number of ether oxygens (including phenoxy) is 1. The average molecular weight is 283 g/mol. The smallest absolute Gasteiger partial charge is 0.119 e. The van der Waals surface area contributed by atoms with Crippen molar-refractivity contribution in [3.05, 3.63) is 65.2 Å². The first-order valence-corrected chi connectivity index (χ1v) is 7.61. The Bertz CT molecular complexity index is 560. The van der Waals surface area contributed by atoms with Gasteiger partial charge in [0, 0.05) is 12.6 Å². The van der Waals surface area contributed by atoms with Crippen molar-refractivity contribution in [3.8, 4) is 5.75 Å². The molecule has 1 N–H and O–H groups in total. The Hall–Kier alpha value is -1.80. The normalized spacial score (nSPS) is 12.4. The fourth-order valence-corrected chi connectivity index (χ4v) is 2.41. The van der Waals surface area contributed by atoms with Gasteiger partial charge in [-0.15, -0.1) is 0 Å². The van der Waals surface area contributed by atoms with Crippen molar-refractivity contribution < 1.29 is 4.74 Å². The SMILES string of the molecule is Cc1ccccc1[C@H](C)NCc1ccc(OC(C)C)cc1. The van der Waals surface area contributed by atoms with Crippen LogP contribution in [-0.4, -0.2) is 6.10 Å². The first-order valence-electron chi connectivity index (χ1n) is 7.61. The van der Waals surface area contributed by atoms with Gasteiger partial charge in [-0.1, -0.05) is 36.4 Å². The van der Waals surface area contributed by atoms with Gasteiger partial charge < -0.3 is 10.1 Å². The monoisotopic (exact) mass is 283 g/mol. The van der Waals surface area contributed by atoms with E-state index in [0.29, 0.717) is 6.04 Å². The van der Waals surface area contributed by atoms with Crippen LogP contribution in [0.4, 0.5) is 0 Å². The molecule has 0 amide bonds. The van der Waals surface area contributed by atoms with Crippen LogP contribution < -0.4 is 10.1 Å². The van der Waals surface area contributed by atoms with Crippen LogP contribution in [0.1, 0.15) is 43.5 Å². The van der Waals surface area contributed by atoms with Crippen molar-refractivity contribution in [1.82, 2.24) is 5.32 Å². The second-order valence-corrected chi connectivity index (χ2v) is 5.77. The lowest BCUT2D eigenvalue weighted by Gasteiger charge is -2.17. The molecule has 0 aromatic heterocycles. The van der Waals surface area contributed by atoms with Crippen LogP contribution in [0.15, 0.2) is 48.5 Å². The molecule has 0 radical (unpaired) electrons. The van der Waals surface area contributed by atoms with E-state index < -0.39 is 0 Å². The second kappa shape index (κ2) is 7.28. The van der Waals surface area contributed by atoms with Gasteiger partial charge in [-0.3, -0.25) is 0 Å². The van der Waals surface area contributed by atoms with E-state index in [2.05, 4.69) is 55.6 Å². The van der Waals surface area contributed by atoms with E-state index in [4.69, 9.17) is 4.74 Å². The van der Waals surface area contributed by atoms with Crippen LogP contribution in [0.3, 0.4) is 0 Å². The zero-order valence-corrected chi connectivity index (χ0v) is 13.4. The summed E-state index contributed by atoms with van der Waals surface area (Å²) in [5.74, 6) is 0.931. The van der Waals surface area contributed by atoms with Gasteiger partial charge in [0.15, 0.2) is 0 Å². The fourth-order valence-electron chi connectivity index (χ4n) is 2.41. The van der Waals surface area contributed by atoms with Crippen LogP contribution in [-0.2, 0) is 6.54 Å². The lowest BCUT2D eigenvalue weighted by Crippen LogP contribution is -2.18. The van der Waals surface area contributed by atoms with Crippen LogP contribution in [0.25, 0.3) is 0 Å². The Morgan fingerprint density at radius 3 is 2.24 bits per heavy atom. The van der Waals surface area contributed by atoms with Crippen molar-refractivity contribution in [2.45, 2.75) is 46.4 Å². The quantitative estimate of drug-likeness (QED) is 0.834. The fraction of sp³-hybridized carbons (Fsp3) is 0.368. The molecule has 0 aliphatic rings. The number of hydrogen-bond acceptors (Lipinski definition) is 2. The third kappa shape index (κ3) is 4.61. The molecule has 0 saturated carbocycles. The van der Waals surface area contributed by atoms with Crippen molar-refractivity contribution >= 4 is 0 Å². The van der Waals surface area contributed by atoms with Gasteiger partial charge in [0.25, 0.3) is 0 Å². The number of hydrogen-bond donors (Lipinski definition) is 1. The summed E-state index contributed by atoms with van der Waals surface area (Å²) in [7, 11) is 0. The minimum atomic E-state index is 0.218. The lowest BCUT2D eigenvalue weighted by atomic mass is 10.0. The largest absolute Gasteiger partial charge is 0.491 e. The third-order valence-electron chi connectivity index (χ3n) is 3.56. The number of rotatable bonds is 6. The molecule has 21 heavy (non-hydrogen) atoms. The first kappa shape index (κ1) is 15.6. The predicted octanol–water partition coefficient (Wildman–Crippen LogP) is 4.63. The van der Waals surface area contributed by atoms with Crippen LogP contribution >= 0.6 is 0 Å². The minimum absolute atomic E-state index is 0.218. The Balaban J connectivity index is 1.92. The summed E-state index contributed by atoms with van der Waals surface area (Å²) in [5.41, 5.74) is 3.96. The van der Waals surface area contributed by atoms with Gasteiger partial charge in [-0.2, -0.15) is 0 Å². The van der Waals surface area contributed by atoms with Crippen LogP contribution in [0.2, 0.25) is 0 Å². The van der Waals surface area contributed by atoms with Crippen LogP contribution in [0, 0.1) is 6.92 Å². The topological polar surface area (TPSA) is 21.3 Å². The molecular formula is C19H25NO. The Morgan fingerprint density at radius 1 is 0.952 bits per heavy atom. The maximum Gasteiger partial charge on any atom is 0.119 e. The van der Waals surface area contributed by atoms with Crippen molar-refractivity contribution in [2.24, 2.45) is 0 Å². The summed E-state index contributed by atoms with van der Waals surface area (Å²) in [6.07, 6.45) is 0.218. The molecule has 112 valence electrons. The van der Waals surface area contributed by atoms with Crippen molar-refractivity contribution in [2.75, 3.05) is 0 Å². The molecule has 2 aromatic rings. The zero-order chi connectivity index (χ0) is 15.2. The molecule has 0 unspecified atom stereocenters. The molecule has 2 aromatic carbocycles. The van der Waals surface area contributed by atoms with E-state index in [0.717, 1.165) is 12.3 Å². The highest BCUT2D eigenvalue weighted by Gasteiger charge is 2.07. The summed E-state index contributed by atoms with van der Waals surface area (Å²) in [6, 6.07) is 17.2. The standard InChI is InChI=1S/C19H25NO/c1-14(2)21-18-11-9-17(10-12-18)13-20-16(4)19-8-6-5-7-15(19)3/h5-12,14,16,20H,13H2,1-4H3/t16-/m0/s1. The van der Waals surface area contributed by atoms with Gasteiger partial charge in [0.1, 0.15) is 5.75 Å². The van der Waals surface area contributed by atoms with E-state index in [1.54, 1.807) is 0 Å². The molecule has 0 aliphatic carbocycles. The van der Waals surface area contributed by atoms with Gasteiger partial charge in [0.2, 0.25) is 0 Å². The molecule has 2 rings (SSSR count). The Labute approximate surface area is 128 Å². The molecule has 0 saturated heterocycles. The molecule has 0 fully saturated rings. The summed E-state index contributed by atoms with van der Waals surface area (Å²) < 4.78 is 5.66. The van der Waals surface area contributed by atoms with Gasteiger partial charge in [-0.05, 0) is 56.5 Å². The van der Waals surface area contributed by atoms with E-state index in [1.165, 1.54) is 16.7 Å². The molecule has 0 spiro atoms. The maximum atomic E-state index is 5.66.